The van der Waals surface area contributed by atoms with Crippen LogP contribution in [-0.4, -0.2) is 31.5 Å². The molecule has 0 amide bonds. The lowest BCUT2D eigenvalue weighted by Crippen LogP contribution is -2.37. The van der Waals surface area contributed by atoms with Crippen LogP contribution in [0.5, 0.6) is 11.5 Å². The average Bonchev–Trinajstić information content (AvgIpc) is 3.36. The molecule has 3 heterocycles. The summed E-state index contributed by atoms with van der Waals surface area (Å²) in [5, 5.41) is 4.02. The van der Waals surface area contributed by atoms with E-state index in [0.29, 0.717) is 40.2 Å². The summed E-state index contributed by atoms with van der Waals surface area (Å²) in [6, 6.07) is 3.82. The van der Waals surface area contributed by atoms with Crippen molar-refractivity contribution in [1.82, 2.24) is 18.7 Å². The van der Waals surface area contributed by atoms with Crippen LogP contribution in [0.3, 0.4) is 0 Å². The summed E-state index contributed by atoms with van der Waals surface area (Å²) in [5.41, 5.74) is 0.680. The quantitative estimate of drug-likeness (QED) is 0.663. The molecule has 1 fully saturated rings. The second kappa shape index (κ2) is 7.64. The van der Waals surface area contributed by atoms with Gasteiger partial charge in [-0.2, -0.15) is 4.98 Å². The van der Waals surface area contributed by atoms with Crippen LogP contribution in [0.1, 0.15) is 37.7 Å². The van der Waals surface area contributed by atoms with E-state index in [1.807, 2.05) is 10.6 Å². The minimum absolute atomic E-state index is 0.153. The van der Waals surface area contributed by atoms with E-state index in [0.717, 1.165) is 35.8 Å². The van der Waals surface area contributed by atoms with Crippen LogP contribution >= 0.6 is 11.6 Å². The Labute approximate surface area is 183 Å². The van der Waals surface area contributed by atoms with Crippen molar-refractivity contribution in [3.63, 3.8) is 0 Å². The Balaban J connectivity index is 1.66. The van der Waals surface area contributed by atoms with Gasteiger partial charge in [0.2, 0.25) is 12.7 Å². The molecule has 2 aromatic heterocycles. The second-order valence-electron chi connectivity index (χ2n) is 8.18. The first-order chi connectivity index (χ1) is 14.9. The lowest BCUT2D eigenvalue weighted by molar-refractivity contribution is 0.174. The van der Waals surface area contributed by atoms with Gasteiger partial charge in [0, 0.05) is 31.2 Å². The van der Waals surface area contributed by atoms with Crippen LogP contribution in [-0.2, 0) is 20.6 Å². The largest absolute Gasteiger partial charge is 0.454 e. The zero-order chi connectivity index (χ0) is 21.7. The third kappa shape index (κ3) is 3.37. The normalized spacial score (nSPS) is 16.2. The molecule has 164 valence electrons. The van der Waals surface area contributed by atoms with Crippen molar-refractivity contribution in [3.8, 4) is 11.5 Å². The zero-order valence-corrected chi connectivity index (χ0v) is 18.2. The number of anilines is 1. The molecule has 1 N–H and O–H groups in total. The van der Waals surface area contributed by atoms with Crippen LogP contribution in [0.15, 0.2) is 21.7 Å². The molecule has 1 aliphatic heterocycles. The topological polar surface area (TPSA) is 92.3 Å². The summed E-state index contributed by atoms with van der Waals surface area (Å²) in [5.74, 6) is 1.78. The van der Waals surface area contributed by atoms with Crippen molar-refractivity contribution < 1.29 is 9.47 Å². The number of fused-ring (bicyclic) bond motifs is 2. The Morgan fingerprint density at radius 3 is 2.55 bits per heavy atom. The molecular formula is C21H24ClN5O4. The van der Waals surface area contributed by atoms with Crippen molar-refractivity contribution in [2.75, 3.05) is 12.1 Å². The first kappa shape index (κ1) is 20.0. The van der Waals surface area contributed by atoms with Gasteiger partial charge in [0.1, 0.15) is 0 Å². The third-order valence-electron chi connectivity index (χ3n) is 6.16. The molecule has 10 heteroatoms. The fourth-order valence-corrected chi connectivity index (χ4v) is 4.60. The summed E-state index contributed by atoms with van der Waals surface area (Å²) in [7, 11) is 3.10. The molecule has 3 aromatic rings. The standard InChI is InChI=1S/C21H24ClN5O4/c1-25-18-17(19(28)26(2)21(25)29)27(20(24-18)23-13-6-4-3-5-7-13)10-12-8-15-16(9-14(12)22)31-11-30-15/h8-9,13H,3-7,10-11H2,1-2H3,(H,23,24). The summed E-state index contributed by atoms with van der Waals surface area (Å²) < 4.78 is 15.2. The number of imidazole rings is 1. The molecular weight excluding hydrogens is 422 g/mol. The van der Waals surface area contributed by atoms with Gasteiger partial charge in [-0.3, -0.25) is 18.5 Å². The van der Waals surface area contributed by atoms with Gasteiger partial charge in [-0.25, -0.2) is 4.79 Å². The average molecular weight is 446 g/mol. The molecule has 1 aliphatic carbocycles. The highest BCUT2D eigenvalue weighted by molar-refractivity contribution is 6.31. The Morgan fingerprint density at radius 2 is 1.81 bits per heavy atom. The number of nitrogens with zero attached hydrogens (tertiary/aromatic N) is 4. The number of aromatic nitrogens is 4. The van der Waals surface area contributed by atoms with Crippen molar-refractivity contribution >= 4 is 28.7 Å². The van der Waals surface area contributed by atoms with Gasteiger partial charge >= 0.3 is 5.69 Å². The molecule has 0 unspecified atom stereocenters. The van der Waals surface area contributed by atoms with Crippen molar-refractivity contribution in [2.24, 2.45) is 14.1 Å². The van der Waals surface area contributed by atoms with Crippen molar-refractivity contribution in [3.05, 3.63) is 43.6 Å². The van der Waals surface area contributed by atoms with E-state index in [4.69, 9.17) is 21.1 Å². The highest BCUT2D eigenvalue weighted by Crippen LogP contribution is 2.37. The maximum absolute atomic E-state index is 13.1. The lowest BCUT2D eigenvalue weighted by atomic mass is 9.96. The number of ether oxygens (including phenoxy) is 2. The minimum atomic E-state index is -0.410. The third-order valence-corrected chi connectivity index (χ3v) is 6.51. The van der Waals surface area contributed by atoms with E-state index < -0.39 is 5.69 Å². The van der Waals surface area contributed by atoms with E-state index in [1.165, 1.54) is 18.0 Å². The van der Waals surface area contributed by atoms with Gasteiger partial charge in [0.05, 0.1) is 6.54 Å². The molecule has 0 radical (unpaired) electrons. The summed E-state index contributed by atoms with van der Waals surface area (Å²) in [6.45, 7) is 0.453. The number of rotatable bonds is 4. The maximum atomic E-state index is 13.1. The highest BCUT2D eigenvalue weighted by Gasteiger charge is 2.24. The molecule has 2 aliphatic rings. The maximum Gasteiger partial charge on any atom is 0.332 e. The first-order valence-electron chi connectivity index (χ1n) is 10.4. The summed E-state index contributed by atoms with van der Waals surface area (Å²) >= 11 is 6.52. The lowest BCUT2D eigenvalue weighted by Gasteiger charge is -2.23. The zero-order valence-electron chi connectivity index (χ0n) is 17.5. The Hall–Kier alpha value is -2.94. The number of benzene rings is 1. The van der Waals surface area contributed by atoms with E-state index in [-0.39, 0.29) is 18.4 Å². The predicted octanol–water partition coefficient (Wildman–Crippen LogP) is 2.61. The number of nitrogens with one attached hydrogen (secondary N) is 1. The first-order valence-corrected chi connectivity index (χ1v) is 10.8. The van der Waals surface area contributed by atoms with Gasteiger partial charge in [0.25, 0.3) is 5.56 Å². The Kier molecular flexibility index (Phi) is 4.92. The summed E-state index contributed by atoms with van der Waals surface area (Å²) in [6.07, 6.45) is 5.64. The van der Waals surface area contributed by atoms with Crippen LogP contribution in [0.25, 0.3) is 11.2 Å². The van der Waals surface area contributed by atoms with E-state index in [9.17, 15) is 9.59 Å². The molecule has 0 bridgehead atoms. The molecule has 5 rings (SSSR count). The number of hydrogen-bond donors (Lipinski definition) is 1. The smallest absolute Gasteiger partial charge is 0.332 e. The fraction of sp³-hybridized carbons (Fsp3) is 0.476. The molecule has 31 heavy (non-hydrogen) atoms. The van der Waals surface area contributed by atoms with E-state index >= 15 is 0 Å². The van der Waals surface area contributed by atoms with E-state index in [2.05, 4.69) is 10.3 Å². The predicted molar refractivity (Wildman–Crippen MR) is 117 cm³/mol. The SMILES string of the molecule is Cn1c(=O)c2c(nc(NC3CCCCC3)n2Cc2cc3c(cc2Cl)OCO3)n(C)c1=O. The molecule has 0 spiro atoms. The van der Waals surface area contributed by atoms with Crippen LogP contribution in [0.4, 0.5) is 5.95 Å². The summed E-state index contributed by atoms with van der Waals surface area (Å²) in [4.78, 5) is 30.2. The minimum Gasteiger partial charge on any atom is -0.454 e. The van der Waals surface area contributed by atoms with Crippen LogP contribution in [0, 0.1) is 0 Å². The number of aryl methyl sites for hydroxylation is 1. The fourth-order valence-electron chi connectivity index (χ4n) is 4.39. The van der Waals surface area contributed by atoms with E-state index in [1.54, 1.807) is 13.1 Å². The van der Waals surface area contributed by atoms with Crippen molar-refractivity contribution in [2.45, 2.75) is 44.7 Å². The van der Waals surface area contributed by atoms with Crippen molar-refractivity contribution in [1.29, 1.82) is 0 Å². The molecule has 1 saturated carbocycles. The number of halogens is 1. The van der Waals surface area contributed by atoms with Crippen LogP contribution in [0.2, 0.25) is 5.02 Å². The van der Waals surface area contributed by atoms with Gasteiger partial charge in [-0.1, -0.05) is 30.9 Å². The Bertz CT molecular complexity index is 1290. The van der Waals surface area contributed by atoms with Gasteiger partial charge in [-0.05, 0) is 24.5 Å². The second-order valence-corrected chi connectivity index (χ2v) is 8.58. The molecule has 0 saturated heterocycles. The molecule has 0 atom stereocenters. The molecule has 1 aromatic carbocycles. The monoisotopic (exact) mass is 445 g/mol. The Morgan fingerprint density at radius 1 is 1.10 bits per heavy atom. The van der Waals surface area contributed by atoms with Gasteiger partial charge in [0.15, 0.2) is 22.7 Å². The van der Waals surface area contributed by atoms with Gasteiger partial charge in [-0.15, -0.1) is 0 Å². The highest BCUT2D eigenvalue weighted by atomic mass is 35.5. The number of hydrogen-bond acceptors (Lipinski definition) is 6. The van der Waals surface area contributed by atoms with Crippen LogP contribution < -0.4 is 26.0 Å². The molecule has 9 nitrogen and oxygen atoms in total. The van der Waals surface area contributed by atoms with Gasteiger partial charge < -0.3 is 14.8 Å².